The van der Waals surface area contributed by atoms with Gasteiger partial charge < -0.3 is 0 Å². The van der Waals surface area contributed by atoms with Gasteiger partial charge in [-0.2, -0.15) is 0 Å². The van der Waals surface area contributed by atoms with Crippen LogP contribution in [0.5, 0.6) is 0 Å². The number of aldehydes is 1. The minimum absolute atomic E-state index is 0.508. The van der Waals surface area contributed by atoms with Gasteiger partial charge in [0, 0.05) is 5.56 Å². The molecule has 0 fully saturated rings. The zero-order valence-corrected chi connectivity index (χ0v) is 14.6. The van der Waals surface area contributed by atoms with Crippen LogP contribution < -0.4 is 0 Å². The monoisotopic (exact) mass is 328 g/mol. The quantitative estimate of drug-likeness (QED) is 0.368. The standard InChI is InChI=1S/C21H25ClO/c1-2-3-4-5-6-7-8-17-9-11-18(12-10-17)19-13-14-20(16-23)21(22)15-19/h9-16H,2-8H2,1H3. The summed E-state index contributed by atoms with van der Waals surface area (Å²) in [5.74, 6) is 0. The van der Waals surface area contributed by atoms with Crippen LogP contribution in [-0.4, -0.2) is 6.29 Å². The zero-order chi connectivity index (χ0) is 16.5. The first-order valence-corrected chi connectivity index (χ1v) is 8.96. The second-order valence-electron chi connectivity index (χ2n) is 6.07. The van der Waals surface area contributed by atoms with Crippen molar-refractivity contribution in [1.29, 1.82) is 0 Å². The van der Waals surface area contributed by atoms with Gasteiger partial charge in [0.1, 0.15) is 0 Å². The Morgan fingerprint density at radius 1 is 0.870 bits per heavy atom. The van der Waals surface area contributed by atoms with Gasteiger partial charge in [-0.15, -0.1) is 0 Å². The first-order chi connectivity index (χ1) is 11.2. The van der Waals surface area contributed by atoms with Crippen LogP contribution in [0.4, 0.5) is 0 Å². The maximum atomic E-state index is 10.8. The lowest BCUT2D eigenvalue weighted by Gasteiger charge is -2.06. The molecule has 2 rings (SSSR count). The largest absolute Gasteiger partial charge is 0.298 e. The number of halogens is 1. The van der Waals surface area contributed by atoms with E-state index >= 15 is 0 Å². The minimum Gasteiger partial charge on any atom is -0.298 e. The highest BCUT2D eigenvalue weighted by molar-refractivity contribution is 6.33. The molecule has 0 saturated heterocycles. The molecule has 0 amide bonds. The predicted octanol–water partition coefficient (Wildman–Crippen LogP) is 6.72. The third-order valence-electron chi connectivity index (χ3n) is 4.23. The highest BCUT2D eigenvalue weighted by Gasteiger charge is 2.03. The molecule has 2 aromatic carbocycles. The summed E-state index contributed by atoms with van der Waals surface area (Å²) in [6, 6.07) is 14.2. The maximum Gasteiger partial charge on any atom is 0.151 e. The Balaban J connectivity index is 1.89. The number of carbonyl (C=O) groups is 1. The fraction of sp³-hybridized carbons (Fsp3) is 0.381. The summed E-state index contributed by atoms with van der Waals surface area (Å²) in [6.45, 7) is 2.25. The van der Waals surface area contributed by atoms with Crippen molar-refractivity contribution in [1.82, 2.24) is 0 Å². The second-order valence-corrected chi connectivity index (χ2v) is 6.48. The Kier molecular flexibility index (Phi) is 7.35. The lowest BCUT2D eigenvalue weighted by atomic mass is 10.00. The fourth-order valence-corrected chi connectivity index (χ4v) is 3.00. The number of benzene rings is 2. The topological polar surface area (TPSA) is 17.1 Å². The molecule has 0 aliphatic rings. The van der Waals surface area contributed by atoms with Gasteiger partial charge in [0.15, 0.2) is 6.29 Å². The molecule has 0 aliphatic carbocycles. The lowest BCUT2D eigenvalue weighted by molar-refractivity contribution is 0.112. The van der Waals surface area contributed by atoms with Gasteiger partial charge in [-0.25, -0.2) is 0 Å². The molecule has 0 radical (unpaired) electrons. The van der Waals surface area contributed by atoms with Crippen molar-refractivity contribution in [3.05, 3.63) is 58.6 Å². The molecule has 0 N–H and O–H groups in total. The van der Waals surface area contributed by atoms with E-state index in [9.17, 15) is 4.79 Å². The molecule has 0 aromatic heterocycles. The molecule has 0 bridgehead atoms. The average Bonchev–Trinajstić information content (AvgIpc) is 2.58. The van der Waals surface area contributed by atoms with Gasteiger partial charge in [0.25, 0.3) is 0 Å². The number of hydrogen-bond acceptors (Lipinski definition) is 1. The van der Waals surface area contributed by atoms with E-state index < -0.39 is 0 Å². The van der Waals surface area contributed by atoms with Crippen molar-refractivity contribution in [2.24, 2.45) is 0 Å². The third kappa shape index (κ3) is 5.51. The smallest absolute Gasteiger partial charge is 0.151 e. The summed E-state index contributed by atoms with van der Waals surface area (Å²) in [4.78, 5) is 10.8. The van der Waals surface area contributed by atoms with Gasteiger partial charge in [-0.1, -0.05) is 81.0 Å². The van der Waals surface area contributed by atoms with E-state index in [1.165, 1.54) is 44.1 Å². The second kappa shape index (κ2) is 9.52. The van der Waals surface area contributed by atoms with E-state index in [1.54, 1.807) is 6.07 Å². The molecule has 0 atom stereocenters. The number of carbonyl (C=O) groups excluding carboxylic acids is 1. The Labute approximate surface area is 144 Å². The first-order valence-electron chi connectivity index (χ1n) is 8.58. The summed E-state index contributed by atoms with van der Waals surface area (Å²) in [5, 5.41) is 0.508. The highest BCUT2D eigenvalue weighted by atomic mass is 35.5. The Bertz CT molecular complexity index is 616. The van der Waals surface area contributed by atoms with Crippen LogP contribution in [0.15, 0.2) is 42.5 Å². The van der Waals surface area contributed by atoms with Crippen molar-refractivity contribution in [2.75, 3.05) is 0 Å². The Hall–Kier alpha value is -1.60. The van der Waals surface area contributed by atoms with Crippen molar-refractivity contribution < 1.29 is 4.79 Å². The van der Waals surface area contributed by atoms with Crippen molar-refractivity contribution in [3.8, 4) is 11.1 Å². The SMILES string of the molecule is CCCCCCCCc1ccc(-c2ccc(C=O)c(Cl)c2)cc1. The molecule has 2 heteroatoms. The van der Waals surface area contributed by atoms with E-state index in [2.05, 4.69) is 31.2 Å². The van der Waals surface area contributed by atoms with E-state index in [0.717, 1.165) is 23.8 Å². The van der Waals surface area contributed by atoms with Crippen LogP contribution in [0.2, 0.25) is 5.02 Å². The molecule has 122 valence electrons. The molecular formula is C21H25ClO. The molecule has 0 saturated carbocycles. The van der Waals surface area contributed by atoms with Crippen molar-refractivity contribution in [2.45, 2.75) is 51.9 Å². The average molecular weight is 329 g/mol. The summed E-state index contributed by atoms with van der Waals surface area (Å²) < 4.78 is 0. The number of aryl methyl sites for hydroxylation is 1. The van der Waals surface area contributed by atoms with E-state index in [1.807, 2.05) is 12.1 Å². The van der Waals surface area contributed by atoms with Gasteiger partial charge in [-0.3, -0.25) is 4.79 Å². The number of unbranched alkanes of at least 4 members (excludes halogenated alkanes) is 5. The highest BCUT2D eigenvalue weighted by Crippen LogP contribution is 2.25. The van der Waals surface area contributed by atoms with Crippen molar-refractivity contribution >= 4 is 17.9 Å². The lowest BCUT2D eigenvalue weighted by Crippen LogP contribution is -1.88. The summed E-state index contributed by atoms with van der Waals surface area (Å²) in [6.07, 6.45) is 9.92. The molecule has 23 heavy (non-hydrogen) atoms. The van der Waals surface area contributed by atoms with Gasteiger partial charge >= 0.3 is 0 Å². The van der Waals surface area contributed by atoms with E-state index in [4.69, 9.17) is 11.6 Å². The minimum atomic E-state index is 0.508. The van der Waals surface area contributed by atoms with Crippen LogP contribution in [0, 0.1) is 0 Å². The molecule has 0 unspecified atom stereocenters. The molecule has 0 spiro atoms. The zero-order valence-electron chi connectivity index (χ0n) is 13.9. The molecule has 0 aliphatic heterocycles. The number of hydrogen-bond donors (Lipinski definition) is 0. The van der Waals surface area contributed by atoms with Crippen LogP contribution in [0.1, 0.15) is 61.4 Å². The molecule has 0 heterocycles. The fourth-order valence-electron chi connectivity index (χ4n) is 2.78. The summed E-state index contributed by atoms with van der Waals surface area (Å²) >= 11 is 6.10. The van der Waals surface area contributed by atoms with Gasteiger partial charge in [0.2, 0.25) is 0 Å². The van der Waals surface area contributed by atoms with Crippen LogP contribution in [0.25, 0.3) is 11.1 Å². The van der Waals surface area contributed by atoms with Gasteiger partial charge in [-0.05, 0) is 41.7 Å². The summed E-state index contributed by atoms with van der Waals surface area (Å²) in [7, 11) is 0. The number of rotatable bonds is 9. The van der Waals surface area contributed by atoms with Crippen LogP contribution in [-0.2, 0) is 6.42 Å². The maximum absolute atomic E-state index is 10.8. The van der Waals surface area contributed by atoms with Gasteiger partial charge in [0.05, 0.1) is 5.02 Å². The first kappa shape index (κ1) is 17.7. The Morgan fingerprint density at radius 2 is 1.52 bits per heavy atom. The predicted molar refractivity (Wildman–Crippen MR) is 99.4 cm³/mol. The molecule has 1 nitrogen and oxygen atoms in total. The van der Waals surface area contributed by atoms with E-state index in [-0.39, 0.29) is 0 Å². The third-order valence-corrected chi connectivity index (χ3v) is 4.56. The Morgan fingerprint density at radius 3 is 2.17 bits per heavy atom. The van der Waals surface area contributed by atoms with Crippen LogP contribution in [0.3, 0.4) is 0 Å². The summed E-state index contributed by atoms with van der Waals surface area (Å²) in [5.41, 5.74) is 4.11. The normalized spacial score (nSPS) is 10.7. The van der Waals surface area contributed by atoms with Crippen molar-refractivity contribution in [3.63, 3.8) is 0 Å². The molecular weight excluding hydrogens is 304 g/mol. The van der Waals surface area contributed by atoms with Crippen LogP contribution >= 0.6 is 11.6 Å². The molecule has 2 aromatic rings. The van der Waals surface area contributed by atoms with E-state index in [0.29, 0.717) is 10.6 Å².